The molecule has 3 fully saturated rings. The summed E-state index contributed by atoms with van der Waals surface area (Å²) in [7, 11) is 0. The van der Waals surface area contributed by atoms with Crippen LogP contribution in [-0.4, -0.2) is 11.9 Å². The first-order valence-corrected chi connectivity index (χ1v) is 7.41. The minimum Gasteiger partial charge on any atom is -0.392 e. The molecule has 3 heteroatoms. The van der Waals surface area contributed by atoms with E-state index < -0.39 is 5.41 Å². The summed E-state index contributed by atoms with van der Waals surface area (Å²) >= 11 is 0. The maximum atomic E-state index is 12.4. The van der Waals surface area contributed by atoms with Gasteiger partial charge in [-0.15, -0.1) is 0 Å². The fraction of sp³-hybridized carbons (Fsp3) is 0.750. The predicted octanol–water partition coefficient (Wildman–Crippen LogP) is 3.24. The average Bonchev–Trinajstić information content (AvgIpc) is 3.04. The molecule has 2 bridgehead atoms. The van der Waals surface area contributed by atoms with E-state index in [1.165, 1.54) is 12.8 Å². The van der Waals surface area contributed by atoms with Gasteiger partial charge in [0.05, 0.1) is 11.3 Å². The van der Waals surface area contributed by atoms with Crippen molar-refractivity contribution in [3.8, 4) is 0 Å². The molecule has 3 rings (SSSR count). The Balaban J connectivity index is 1.98. The van der Waals surface area contributed by atoms with Crippen molar-refractivity contribution in [2.75, 3.05) is 0 Å². The van der Waals surface area contributed by atoms with E-state index in [1.807, 2.05) is 26.0 Å². The average molecular weight is 262 g/mol. The van der Waals surface area contributed by atoms with Crippen LogP contribution in [-0.2, 0) is 14.3 Å². The highest BCUT2D eigenvalue weighted by molar-refractivity contribution is 5.99. The van der Waals surface area contributed by atoms with Gasteiger partial charge in [0, 0.05) is 0 Å². The van der Waals surface area contributed by atoms with Crippen LogP contribution in [0.5, 0.6) is 0 Å². The molecule has 1 heterocycles. The lowest BCUT2D eigenvalue weighted by atomic mass is 9.57. The number of allylic oxidation sites excluding steroid dienone is 2. The van der Waals surface area contributed by atoms with E-state index in [1.54, 1.807) is 0 Å². The van der Waals surface area contributed by atoms with E-state index in [4.69, 9.17) is 4.74 Å². The Kier molecular flexibility index (Phi) is 2.84. The van der Waals surface area contributed by atoms with E-state index in [2.05, 4.69) is 0 Å². The van der Waals surface area contributed by atoms with Crippen LogP contribution in [0.2, 0.25) is 0 Å². The first kappa shape index (κ1) is 12.9. The number of cyclic esters (lactones) is 2. The molecule has 2 saturated carbocycles. The second kappa shape index (κ2) is 4.19. The Morgan fingerprint density at radius 2 is 2.00 bits per heavy atom. The van der Waals surface area contributed by atoms with Crippen LogP contribution < -0.4 is 0 Å². The standard InChI is InChI=1S/C16H22O3/c1-3-4-5-12-13(17)19-14(18)15(12,2)16-8-6-11(10-16)7-9-16/h3-4,11-12H,5-10H2,1-2H3. The third kappa shape index (κ3) is 1.56. The van der Waals surface area contributed by atoms with Crippen molar-refractivity contribution < 1.29 is 14.3 Å². The van der Waals surface area contributed by atoms with Crippen LogP contribution in [0.3, 0.4) is 0 Å². The lowest BCUT2D eigenvalue weighted by molar-refractivity contribution is -0.158. The largest absolute Gasteiger partial charge is 0.392 e. The molecule has 0 amide bonds. The van der Waals surface area contributed by atoms with Crippen LogP contribution >= 0.6 is 0 Å². The lowest BCUT2D eigenvalue weighted by Gasteiger charge is -2.42. The zero-order valence-electron chi connectivity index (χ0n) is 11.8. The maximum absolute atomic E-state index is 12.4. The third-order valence-corrected chi connectivity index (χ3v) is 6.05. The first-order valence-electron chi connectivity index (χ1n) is 7.41. The fourth-order valence-corrected chi connectivity index (χ4v) is 4.76. The topological polar surface area (TPSA) is 43.4 Å². The summed E-state index contributed by atoms with van der Waals surface area (Å²) in [4.78, 5) is 24.4. The van der Waals surface area contributed by atoms with E-state index in [0.717, 1.165) is 25.2 Å². The highest BCUT2D eigenvalue weighted by Gasteiger charge is 2.67. The van der Waals surface area contributed by atoms with Gasteiger partial charge in [-0.3, -0.25) is 9.59 Å². The zero-order valence-corrected chi connectivity index (χ0v) is 11.8. The summed E-state index contributed by atoms with van der Waals surface area (Å²) < 4.78 is 5.03. The minimum absolute atomic E-state index is 0.0210. The van der Waals surface area contributed by atoms with Crippen LogP contribution in [0.1, 0.15) is 52.4 Å². The molecule has 3 nitrogen and oxygen atoms in total. The Hall–Kier alpha value is -1.12. The van der Waals surface area contributed by atoms with Crippen LogP contribution in [0.15, 0.2) is 12.2 Å². The molecule has 19 heavy (non-hydrogen) atoms. The molecular formula is C16H22O3. The number of carbonyl (C=O) groups is 2. The highest BCUT2D eigenvalue weighted by atomic mass is 16.6. The van der Waals surface area contributed by atoms with Gasteiger partial charge in [-0.1, -0.05) is 12.2 Å². The minimum atomic E-state index is -0.602. The summed E-state index contributed by atoms with van der Waals surface area (Å²) in [5.74, 6) is -0.0966. The Bertz CT molecular complexity index is 443. The lowest BCUT2D eigenvalue weighted by Crippen LogP contribution is -2.45. The summed E-state index contributed by atoms with van der Waals surface area (Å²) in [6.45, 7) is 3.93. The van der Waals surface area contributed by atoms with Crippen molar-refractivity contribution in [3.63, 3.8) is 0 Å². The number of hydrogen-bond donors (Lipinski definition) is 0. The highest BCUT2D eigenvalue weighted by Crippen LogP contribution is 2.66. The molecule has 2 aliphatic carbocycles. The maximum Gasteiger partial charge on any atom is 0.320 e. The fourth-order valence-electron chi connectivity index (χ4n) is 4.76. The van der Waals surface area contributed by atoms with Gasteiger partial charge in [-0.2, -0.15) is 0 Å². The van der Waals surface area contributed by atoms with Gasteiger partial charge in [0.2, 0.25) is 0 Å². The number of fused-ring (bicyclic) bond motifs is 2. The summed E-state index contributed by atoms with van der Waals surface area (Å²) in [6, 6.07) is 0. The van der Waals surface area contributed by atoms with Gasteiger partial charge in [0.15, 0.2) is 0 Å². The third-order valence-electron chi connectivity index (χ3n) is 6.05. The molecular weight excluding hydrogens is 240 g/mol. The van der Waals surface area contributed by atoms with E-state index in [0.29, 0.717) is 6.42 Å². The summed E-state index contributed by atoms with van der Waals surface area (Å²) in [5, 5.41) is 0. The Morgan fingerprint density at radius 1 is 1.32 bits per heavy atom. The predicted molar refractivity (Wildman–Crippen MR) is 71.1 cm³/mol. The molecule has 0 aromatic rings. The van der Waals surface area contributed by atoms with Crippen molar-refractivity contribution in [3.05, 3.63) is 12.2 Å². The van der Waals surface area contributed by atoms with Gasteiger partial charge in [0.25, 0.3) is 0 Å². The molecule has 0 radical (unpaired) electrons. The Labute approximate surface area is 114 Å². The van der Waals surface area contributed by atoms with Crippen LogP contribution in [0, 0.1) is 22.7 Å². The van der Waals surface area contributed by atoms with Gasteiger partial charge in [0.1, 0.15) is 0 Å². The molecule has 1 aliphatic heterocycles. The van der Waals surface area contributed by atoms with Crippen LogP contribution in [0.4, 0.5) is 0 Å². The summed E-state index contributed by atoms with van der Waals surface area (Å²) in [6.07, 6.45) is 10.3. The quantitative estimate of drug-likeness (QED) is 0.445. The SMILES string of the molecule is CC=CCC1C(=O)OC(=O)C1(C)C12CCC(CC1)C2. The second-order valence-electron chi connectivity index (χ2n) is 6.70. The molecule has 0 aromatic carbocycles. The molecule has 0 spiro atoms. The van der Waals surface area contributed by atoms with E-state index in [-0.39, 0.29) is 23.3 Å². The molecule has 2 unspecified atom stereocenters. The zero-order chi connectivity index (χ0) is 13.7. The summed E-state index contributed by atoms with van der Waals surface area (Å²) in [5.41, 5.74) is -0.581. The van der Waals surface area contributed by atoms with Crippen LogP contribution in [0.25, 0.3) is 0 Å². The van der Waals surface area contributed by atoms with Gasteiger partial charge < -0.3 is 4.74 Å². The van der Waals surface area contributed by atoms with Crippen molar-refractivity contribution in [2.24, 2.45) is 22.7 Å². The molecule has 0 N–H and O–H groups in total. The number of ether oxygens (including phenoxy) is 1. The monoisotopic (exact) mass is 262 g/mol. The number of rotatable bonds is 3. The van der Waals surface area contributed by atoms with Crippen molar-refractivity contribution >= 4 is 11.9 Å². The van der Waals surface area contributed by atoms with Gasteiger partial charge in [-0.25, -0.2) is 0 Å². The second-order valence-corrected chi connectivity index (χ2v) is 6.70. The van der Waals surface area contributed by atoms with Crippen molar-refractivity contribution in [1.82, 2.24) is 0 Å². The molecule has 2 atom stereocenters. The van der Waals surface area contributed by atoms with Crippen molar-refractivity contribution in [1.29, 1.82) is 0 Å². The normalized spacial score (nSPS) is 45.4. The number of hydrogen-bond acceptors (Lipinski definition) is 3. The van der Waals surface area contributed by atoms with E-state index in [9.17, 15) is 9.59 Å². The van der Waals surface area contributed by atoms with Gasteiger partial charge >= 0.3 is 11.9 Å². The molecule has 0 aromatic heterocycles. The van der Waals surface area contributed by atoms with Crippen molar-refractivity contribution in [2.45, 2.75) is 52.4 Å². The van der Waals surface area contributed by atoms with E-state index >= 15 is 0 Å². The number of carbonyl (C=O) groups excluding carboxylic acids is 2. The first-order chi connectivity index (χ1) is 9.03. The molecule has 104 valence electrons. The smallest absolute Gasteiger partial charge is 0.320 e. The Morgan fingerprint density at radius 3 is 2.53 bits per heavy atom. The number of esters is 2. The molecule has 3 aliphatic rings. The molecule has 1 saturated heterocycles. The van der Waals surface area contributed by atoms with Gasteiger partial charge in [-0.05, 0) is 63.7 Å².